The van der Waals surface area contributed by atoms with Gasteiger partial charge in [-0.3, -0.25) is 4.39 Å². The third kappa shape index (κ3) is 63300. The van der Waals surface area contributed by atoms with E-state index in [1.165, 1.54) is 6.92 Å². The Kier molecular flexibility index (Phi) is 26.6. The molecule has 0 N–H and O–H groups in total. The average molecular weight is 181 g/mol. The van der Waals surface area contributed by atoms with Crippen LogP contribution in [0.1, 0.15) is 28.7 Å². The first-order chi connectivity index (χ1) is 3.41. The Morgan fingerprint density at radius 3 is 1.30 bits per heavy atom. The van der Waals surface area contributed by atoms with Gasteiger partial charge in [0.05, 0.1) is 6.67 Å². The van der Waals surface area contributed by atoms with Crippen LogP contribution in [0.5, 0.6) is 0 Å². The summed E-state index contributed by atoms with van der Waals surface area (Å²) in [7, 11) is 0. The van der Waals surface area contributed by atoms with E-state index >= 15 is 0 Å². The van der Waals surface area contributed by atoms with E-state index in [0.717, 1.165) is 0 Å². The van der Waals surface area contributed by atoms with Crippen molar-refractivity contribution < 1.29 is 13.2 Å². The highest BCUT2D eigenvalue weighted by Gasteiger charge is 2.12. The van der Waals surface area contributed by atoms with Gasteiger partial charge in [0, 0.05) is 6.92 Å². The molecule has 4 heteroatoms. The molecule has 0 amide bonds. The van der Waals surface area contributed by atoms with Crippen LogP contribution in [-0.4, -0.2) is 12.1 Å². The van der Waals surface area contributed by atoms with Gasteiger partial charge in [0.2, 0.25) is 0 Å². The first-order valence-corrected chi connectivity index (χ1v) is 2.42. The van der Waals surface area contributed by atoms with E-state index in [0.29, 0.717) is 6.92 Å². The molecule has 0 aromatic carbocycles. The zero-order chi connectivity index (χ0) is 7.21. The lowest BCUT2D eigenvalue weighted by Gasteiger charge is -1.90. The van der Waals surface area contributed by atoms with Gasteiger partial charge in [-0.25, -0.2) is 0 Å². The van der Waals surface area contributed by atoms with E-state index < -0.39 is 5.38 Å². The zero-order valence-corrected chi connectivity index (χ0v) is 5.47. The van der Waals surface area contributed by atoms with Gasteiger partial charge in [0.1, 0.15) is 0 Å². The molecule has 0 aliphatic heterocycles. The molecule has 0 saturated heterocycles. The fourth-order valence-electron chi connectivity index (χ4n) is 0. The average Bonchev–Trinajstić information content (AvgIpc) is 1.27. The maximum absolute atomic E-state index is 10.8. The Labute approximate surface area is 66.4 Å². The molecule has 0 aliphatic rings. The maximum Gasteiger partial charge on any atom is 0.318 e. The quantitative estimate of drug-likeness (QED) is 0.493. The minimum atomic E-state index is -3.03. The van der Waals surface area contributed by atoms with Gasteiger partial charge in [0.15, 0.2) is 0 Å². The summed E-state index contributed by atoms with van der Waals surface area (Å²) in [5.74, 6) is 0. The summed E-state index contributed by atoms with van der Waals surface area (Å²) < 4.78 is 31.9. The molecule has 0 aromatic heterocycles. The molecular formula is C6H16ClF3. The molecule has 0 aliphatic carbocycles. The van der Waals surface area contributed by atoms with Crippen molar-refractivity contribution in [3.8, 4) is 0 Å². The molecule has 0 unspecified atom stereocenters. The Morgan fingerprint density at radius 1 is 1.30 bits per heavy atom. The van der Waals surface area contributed by atoms with Crippen LogP contribution in [0.15, 0.2) is 0 Å². The Bertz CT molecular complexity index is 36.7. The lowest BCUT2D eigenvalue weighted by molar-refractivity contribution is 0.119. The fraction of sp³-hybridized carbons (Fsp3) is 1.00. The smallest absolute Gasteiger partial charge is 0.251 e. The predicted octanol–water partition coefficient (Wildman–Crippen LogP) is 4.09. The number of hydrogen-bond acceptors (Lipinski definition) is 0. The van der Waals surface area contributed by atoms with Crippen molar-refractivity contribution in [3.05, 3.63) is 0 Å². The zero-order valence-electron chi connectivity index (χ0n) is 4.72. The van der Waals surface area contributed by atoms with Crippen LogP contribution in [0.4, 0.5) is 13.2 Å². The van der Waals surface area contributed by atoms with Gasteiger partial charge in [-0.2, -0.15) is 8.78 Å². The standard InChI is InChI=1S/C2H3ClF2.C2H5F.2CH4/c1-2(3,4)5;1-2-3;;/h1H3;2H2,1H3;2*1H4. The minimum Gasteiger partial charge on any atom is -0.251 e. The molecule has 0 atom stereocenters. The summed E-state index contributed by atoms with van der Waals surface area (Å²) in [6.07, 6.45) is 0. The number of hydrogen-bond donors (Lipinski definition) is 0. The number of rotatable bonds is 0. The number of halogens is 4. The van der Waals surface area contributed by atoms with E-state index in [2.05, 4.69) is 11.6 Å². The highest BCUT2D eigenvalue weighted by molar-refractivity contribution is 6.21. The van der Waals surface area contributed by atoms with Crippen molar-refractivity contribution in [2.24, 2.45) is 0 Å². The Morgan fingerprint density at radius 2 is 1.30 bits per heavy atom. The molecule has 68 valence electrons. The number of alkyl halides is 4. The molecule has 0 nitrogen and oxygen atoms in total. The molecule has 0 heterocycles. The van der Waals surface area contributed by atoms with E-state index in [1.54, 1.807) is 0 Å². The molecule has 0 aromatic rings. The second kappa shape index (κ2) is 11.8. The van der Waals surface area contributed by atoms with Crippen molar-refractivity contribution in [2.45, 2.75) is 34.1 Å². The van der Waals surface area contributed by atoms with Gasteiger partial charge in [-0.1, -0.05) is 14.9 Å². The van der Waals surface area contributed by atoms with Crippen molar-refractivity contribution >= 4 is 11.6 Å². The van der Waals surface area contributed by atoms with E-state index in [-0.39, 0.29) is 21.5 Å². The van der Waals surface area contributed by atoms with E-state index in [9.17, 15) is 13.2 Å². The molecule has 0 spiro atoms. The summed E-state index contributed by atoms with van der Waals surface area (Å²) in [5, 5.41) is -3.03. The normalized spacial score (nSPS) is 7.80. The highest BCUT2D eigenvalue weighted by atomic mass is 35.5. The second-order valence-electron chi connectivity index (χ2n) is 1.05. The van der Waals surface area contributed by atoms with Gasteiger partial charge >= 0.3 is 5.38 Å². The lowest BCUT2D eigenvalue weighted by atomic mass is 10.9. The molecule has 0 saturated carbocycles. The molecule has 0 bridgehead atoms. The van der Waals surface area contributed by atoms with E-state index in [1.807, 2.05) is 0 Å². The largest absolute Gasteiger partial charge is 0.318 e. The summed E-state index contributed by atoms with van der Waals surface area (Å²) in [4.78, 5) is 0. The van der Waals surface area contributed by atoms with Crippen molar-refractivity contribution in [1.82, 2.24) is 0 Å². The summed E-state index contributed by atoms with van der Waals surface area (Å²) >= 11 is 4.20. The maximum atomic E-state index is 10.8. The van der Waals surface area contributed by atoms with Crippen molar-refractivity contribution in [1.29, 1.82) is 0 Å². The fourth-order valence-corrected chi connectivity index (χ4v) is 0. The Balaban J connectivity index is -0.0000000326. The highest BCUT2D eigenvalue weighted by Crippen LogP contribution is 2.15. The monoisotopic (exact) mass is 180 g/mol. The van der Waals surface area contributed by atoms with Crippen LogP contribution in [0, 0.1) is 0 Å². The first kappa shape index (κ1) is 22.5. The van der Waals surface area contributed by atoms with Crippen LogP contribution in [-0.2, 0) is 0 Å². The van der Waals surface area contributed by atoms with Crippen LogP contribution in [0.25, 0.3) is 0 Å². The van der Waals surface area contributed by atoms with Gasteiger partial charge in [-0.05, 0) is 18.5 Å². The first-order valence-electron chi connectivity index (χ1n) is 2.04. The van der Waals surface area contributed by atoms with Crippen LogP contribution in [0.2, 0.25) is 0 Å². The molecule has 0 rings (SSSR count). The summed E-state index contributed by atoms with van der Waals surface area (Å²) in [5.41, 5.74) is 0. The van der Waals surface area contributed by atoms with Crippen molar-refractivity contribution in [3.63, 3.8) is 0 Å². The summed E-state index contributed by atoms with van der Waals surface area (Å²) in [6.45, 7) is 1.83. The van der Waals surface area contributed by atoms with E-state index in [4.69, 9.17) is 0 Å². The molecule has 0 fully saturated rings. The third-order valence-corrected chi connectivity index (χ3v) is 0. The van der Waals surface area contributed by atoms with Gasteiger partial charge < -0.3 is 0 Å². The van der Waals surface area contributed by atoms with Gasteiger partial charge in [-0.15, -0.1) is 0 Å². The summed E-state index contributed by atoms with van der Waals surface area (Å²) in [6, 6.07) is 0. The molecular weight excluding hydrogens is 165 g/mol. The van der Waals surface area contributed by atoms with Crippen molar-refractivity contribution in [2.75, 3.05) is 6.67 Å². The lowest BCUT2D eigenvalue weighted by Crippen LogP contribution is -1.92. The van der Waals surface area contributed by atoms with Crippen LogP contribution >= 0.6 is 11.6 Å². The molecule has 0 radical (unpaired) electrons. The van der Waals surface area contributed by atoms with Crippen LogP contribution < -0.4 is 0 Å². The third-order valence-electron chi connectivity index (χ3n) is 0. The van der Waals surface area contributed by atoms with Crippen LogP contribution in [0.3, 0.4) is 0 Å². The molecule has 10 heavy (non-hydrogen) atoms. The second-order valence-corrected chi connectivity index (χ2v) is 1.71. The predicted molar refractivity (Wildman–Crippen MR) is 41.6 cm³/mol. The Hall–Kier alpha value is 0.0800. The SMILES string of the molecule is C.C.CC(F)(F)Cl.CCF. The minimum absolute atomic E-state index is 0. The topological polar surface area (TPSA) is 0 Å². The van der Waals surface area contributed by atoms with Gasteiger partial charge in [0.25, 0.3) is 0 Å².